The third-order valence-electron chi connectivity index (χ3n) is 4.13. The highest BCUT2D eigenvalue weighted by Gasteiger charge is 2.16. The molecule has 134 valence electrons. The summed E-state index contributed by atoms with van der Waals surface area (Å²) in [5, 5.41) is 9.86. The summed E-state index contributed by atoms with van der Waals surface area (Å²) in [6.07, 6.45) is 3.07. The summed E-state index contributed by atoms with van der Waals surface area (Å²) in [5.74, 6) is 0.170. The average Bonchev–Trinajstić information content (AvgIpc) is 3.06. The molecule has 0 saturated heterocycles. The zero-order valence-electron chi connectivity index (χ0n) is 14.1. The van der Waals surface area contributed by atoms with Gasteiger partial charge in [0.05, 0.1) is 5.69 Å². The molecular formula is C20H15N3O4. The Morgan fingerprint density at radius 3 is 2.67 bits per heavy atom. The lowest BCUT2D eigenvalue weighted by molar-refractivity contribution is 0.306. The van der Waals surface area contributed by atoms with Gasteiger partial charge in [-0.05, 0) is 29.8 Å². The summed E-state index contributed by atoms with van der Waals surface area (Å²) in [5.41, 5.74) is 1.69. The molecule has 0 spiro atoms. The summed E-state index contributed by atoms with van der Waals surface area (Å²) in [4.78, 5) is 31.7. The van der Waals surface area contributed by atoms with Crippen LogP contribution in [0.1, 0.15) is 16.7 Å². The van der Waals surface area contributed by atoms with Gasteiger partial charge in [-0.15, -0.1) is 0 Å². The number of allylic oxidation sites excluding steroid dienone is 1. The molecule has 3 aromatic rings. The van der Waals surface area contributed by atoms with Gasteiger partial charge < -0.3 is 9.84 Å². The van der Waals surface area contributed by atoms with E-state index >= 15 is 0 Å². The van der Waals surface area contributed by atoms with Crippen LogP contribution in [0.3, 0.4) is 0 Å². The molecule has 1 aromatic heterocycles. The van der Waals surface area contributed by atoms with E-state index in [1.807, 2.05) is 48.5 Å². The van der Waals surface area contributed by atoms with E-state index in [4.69, 9.17) is 4.74 Å². The van der Waals surface area contributed by atoms with E-state index in [-0.39, 0.29) is 5.56 Å². The molecular weight excluding hydrogens is 346 g/mol. The van der Waals surface area contributed by atoms with Crippen LogP contribution in [0.15, 0.2) is 63.1 Å². The summed E-state index contributed by atoms with van der Waals surface area (Å²) < 4.78 is 5.83. The number of hydrogen-bond donors (Lipinski definition) is 3. The second-order valence-corrected chi connectivity index (χ2v) is 5.98. The largest absolute Gasteiger partial charge is 0.494 e. The molecule has 0 saturated carbocycles. The van der Waals surface area contributed by atoms with Crippen molar-refractivity contribution in [3.8, 4) is 11.6 Å². The van der Waals surface area contributed by atoms with E-state index < -0.39 is 17.1 Å². The lowest BCUT2D eigenvalue weighted by Gasteiger charge is -2.08. The van der Waals surface area contributed by atoms with Crippen molar-refractivity contribution in [1.29, 1.82) is 0 Å². The number of aromatic hydroxyl groups is 1. The SMILES string of the molecule is O=c1[nH]c(O)c(/C=C2/C=Nc3ccc(OCc4ccccc4)cc32)c(=O)[nH]1. The highest BCUT2D eigenvalue weighted by molar-refractivity contribution is 6.21. The predicted octanol–water partition coefficient (Wildman–Crippen LogP) is 2.60. The minimum Gasteiger partial charge on any atom is -0.494 e. The molecule has 0 radical (unpaired) electrons. The Morgan fingerprint density at radius 2 is 1.89 bits per heavy atom. The highest BCUT2D eigenvalue weighted by atomic mass is 16.5. The summed E-state index contributed by atoms with van der Waals surface area (Å²) in [7, 11) is 0. The Balaban J connectivity index is 1.64. The van der Waals surface area contributed by atoms with Crippen molar-refractivity contribution in [1.82, 2.24) is 9.97 Å². The van der Waals surface area contributed by atoms with Crippen molar-refractivity contribution in [2.24, 2.45) is 4.99 Å². The maximum absolute atomic E-state index is 11.9. The number of fused-ring (bicyclic) bond motifs is 1. The van der Waals surface area contributed by atoms with E-state index in [1.165, 1.54) is 6.08 Å². The molecule has 2 aromatic carbocycles. The third-order valence-corrected chi connectivity index (χ3v) is 4.13. The Hall–Kier alpha value is -3.87. The van der Waals surface area contributed by atoms with Gasteiger partial charge in [-0.25, -0.2) is 4.79 Å². The van der Waals surface area contributed by atoms with Crippen LogP contribution in [0.5, 0.6) is 11.6 Å². The van der Waals surface area contributed by atoms with Crippen molar-refractivity contribution in [3.63, 3.8) is 0 Å². The number of hydrogen-bond acceptors (Lipinski definition) is 5. The van der Waals surface area contributed by atoms with E-state index in [0.29, 0.717) is 17.9 Å². The molecule has 0 fully saturated rings. The second-order valence-electron chi connectivity index (χ2n) is 5.98. The van der Waals surface area contributed by atoms with Gasteiger partial charge in [0.25, 0.3) is 5.56 Å². The van der Waals surface area contributed by atoms with Gasteiger partial charge in [-0.1, -0.05) is 30.3 Å². The number of aromatic amines is 2. The average molecular weight is 361 g/mol. The number of aromatic nitrogens is 2. The van der Waals surface area contributed by atoms with Crippen molar-refractivity contribution < 1.29 is 9.84 Å². The number of aliphatic imine (C=N–C) groups is 1. The normalized spacial score (nSPS) is 13.7. The van der Waals surface area contributed by atoms with Gasteiger partial charge in [0.2, 0.25) is 5.88 Å². The van der Waals surface area contributed by atoms with Crippen LogP contribution in [0.2, 0.25) is 0 Å². The highest BCUT2D eigenvalue weighted by Crippen LogP contribution is 2.35. The summed E-state index contributed by atoms with van der Waals surface area (Å²) in [6.45, 7) is 0.430. The topological polar surface area (TPSA) is 108 Å². The fraction of sp³-hybridized carbons (Fsp3) is 0.0500. The Morgan fingerprint density at radius 1 is 1.07 bits per heavy atom. The number of nitrogens with zero attached hydrogens (tertiary/aromatic N) is 1. The van der Waals surface area contributed by atoms with Crippen molar-refractivity contribution in [2.75, 3.05) is 0 Å². The first kappa shape index (κ1) is 16.6. The smallest absolute Gasteiger partial charge is 0.328 e. The standard InChI is InChI=1S/C20H15N3O4/c24-18-16(19(25)23-20(26)22-18)8-13-10-21-17-7-6-14(9-15(13)17)27-11-12-4-2-1-3-5-12/h1-10H,11H2,(H3,22,23,24,25,26)/b13-8-. The van der Waals surface area contributed by atoms with Crippen LogP contribution in [-0.2, 0) is 6.61 Å². The number of rotatable bonds is 4. The Labute approximate surface area is 153 Å². The number of benzene rings is 2. The van der Waals surface area contributed by atoms with Crippen LogP contribution in [0.4, 0.5) is 5.69 Å². The van der Waals surface area contributed by atoms with Gasteiger partial charge in [-0.2, -0.15) is 0 Å². The van der Waals surface area contributed by atoms with Crippen LogP contribution in [0, 0.1) is 0 Å². The van der Waals surface area contributed by atoms with E-state index in [9.17, 15) is 14.7 Å². The third kappa shape index (κ3) is 3.43. The molecule has 4 rings (SSSR count). The zero-order valence-corrected chi connectivity index (χ0v) is 14.1. The molecule has 0 atom stereocenters. The minimum absolute atomic E-state index is 0.0421. The lowest BCUT2D eigenvalue weighted by atomic mass is 10.0. The zero-order chi connectivity index (χ0) is 18.8. The van der Waals surface area contributed by atoms with Gasteiger partial charge in [0, 0.05) is 17.4 Å². The first-order valence-electron chi connectivity index (χ1n) is 8.22. The molecule has 0 bridgehead atoms. The maximum Gasteiger partial charge on any atom is 0.328 e. The molecule has 7 heteroatoms. The van der Waals surface area contributed by atoms with Gasteiger partial charge in [0.15, 0.2) is 0 Å². The number of nitrogens with one attached hydrogen (secondary N) is 2. The molecule has 2 heterocycles. The fourth-order valence-electron chi connectivity index (χ4n) is 2.79. The van der Waals surface area contributed by atoms with E-state index in [0.717, 1.165) is 16.8 Å². The van der Waals surface area contributed by atoms with Crippen LogP contribution < -0.4 is 16.0 Å². The Bertz CT molecular complexity index is 1170. The molecule has 1 aliphatic rings. The van der Waals surface area contributed by atoms with E-state index in [1.54, 1.807) is 6.21 Å². The minimum atomic E-state index is -0.767. The molecule has 1 aliphatic heterocycles. The molecule has 0 amide bonds. The molecule has 3 N–H and O–H groups in total. The van der Waals surface area contributed by atoms with Crippen molar-refractivity contribution in [3.05, 3.63) is 86.1 Å². The quantitative estimate of drug-likeness (QED) is 0.664. The number of ether oxygens (including phenoxy) is 1. The number of H-pyrrole nitrogens is 2. The molecule has 7 nitrogen and oxygen atoms in total. The first-order valence-corrected chi connectivity index (χ1v) is 8.22. The summed E-state index contributed by atoms with van der Waals surface area (Å²) in [6, 6.07) is 15.3. The lowest BCUT2D eigenvalue weighted by Crippen LogP contribution is -2.23. The van der Waals surface area contributed by atoms with Crippen LogP contribution in [-0.4, -0.2) is 21.3 Å². The van der Waals surface area contributed by atoms with Gasteiger partial charge in [0.1, 0.15) is 17.9 Å². The Kier molecular flexibility index (Phi) is 4.18. The maximum atomic E-state index is 11.9. The van der Waals surface area contributed by atoms with Crippen LogP contribution >= 0.6 is 0 Å². The molecule has 0 unspecified atom stereocenters. The molecule has 0 aliphatic carbocycles. The predicted molar refractivity (Wildman–Crippen MR) is 103 cm³/mol. The monoisotopic (exact) mass is 361 g/mol. The van der Waals surface area contributed by atoms with E-state index in [2.05, 4.69) is 15.0 Å². The second kappa shape index (κ2) is 6.80. The van der Waals surface area contributed by atoms with Gasteiger partial charge >= 0.3 is 5.69 Å². The summed E-state index contributed by atoms with van der Waals surface area (Å²) >= 11 is 0. The van der Waals surface area contributed by atoms with Crippen LogP contribution in [0.25, 0.3) is 11.6 Å². The molecule has 27 heavy (non-hydrogen) atoms. The van der Waals surface area contributed by atoms with Crippen molar-refractivity contribution >= 4 is 23.6 Å². The fourth-order valence-corrected chi connectivity index (χ4v) is 2.79. The van der Waals surface area contributed by atoms with Gasteiger partial charge in [-0.3, -0.25) is 19.8 Å². The van der Waals surface area contributed by atoms with Crippen molar-refractivity contribution in [2.45, 2.75) is 6.61 Å². The first-order chi connectivity index (χ1) is 13.1.